The molecule has 0 aliphatic rings. The van der Waals surface area contributed by atoms with Crippen molar-refractivity contribution in [2.24, 2.45) is 5.92 Å². The lowest BCUT2D eigenvalue weighted by Crippen LogP contribution is -2.27. The van der Waals surface area contributed by atoms with E-state index in [0.717, 1.165) is 0 Å². The van der Waals surface area contributed by atoms with E-state index in [9.17, 15) is 4.79 Å². The molecule has 0 saturated heterocycles. The van der Waals surface area contributed by atoms with Gasteiger partial charge in [0.25, 0.3) is 0 Å². The summed E-state index contributed by atoms with van der Waals surface area (Å²) in [4.78, 5) is 10.2. The lowest BCUT2D eigenvalue weighted by molar-refractivity contribution is -0.151. The predicted molar refractivity (Wildman–Crippen MR) is 33.3 cm³/mol. The third kappa shape index (κ3) is 2.46. The van der Waals surface area contributed by atoms with Gasteiger partial charge >= 0.3 is 5.97 Å². The highest BCUT2D eigenvalue weighted by atomic mass is 16.5. The van der Waals surface area contributed by atoms with Gasteiger partial charge in [0.15, 0.2) is 6.10 Å². The second-order valence-electron chi connectivity index (χ2n) is 2.24. The molecule has 0 amide bonds. The van der Waals surface area contributed by atoms with Gasteiger partial charge in [0.05, 0.1) is 0 Å². The van der Waals surface area contributed by atoms with Gasteiger partial charge in [0, 0.05) is 7.11 Å². The molecule has 0 aromatic rings. The average molecular weight is 132 g/mol. The van der Waals surface area contributed by atoms with E-state index in [1.54, 1.807) is 0 Å². The molecule has 0 saturated carbocycles. The number of hydrogen-bond donors (Lipinski definition) is 1. The number of hydrogen-bond acceptors (Lipinski definition) is 2. The van der Waals surface area contributed by atoms with E-state index in [0.29, 0.717) is 0 Å². The summed E-state index contributed by atoms with van der Waals surface area (Å²) >= 11 is 0. The molecule has 0 bridgehead atoms. The molecule has 0 aliphatic carbocycles. The minimum absolute atomic E-state index is 0.0347. The summed E-state index contributed by atoms with van der Waals surface area (Å²) in [6, 6.07) is 0. The van der Waals surface area contributed by atoms with Gasteiger partial charge in [-0.2, -0.15) is 0 Å². The van der Waals surface area contributed by atoms with Gasteiger partial charge in [-0.05, 0) is 5.92 Å². The molecule has 0 spiro atoms. The molecule has 1 N–H and O–H groups in total. The topological polar surface area (TPSA) is 46.5 Å². The number of aliphatic carboxylic acids is 1. The van der Waals surface area contributed by atoms with Gasteiger partial charge in [0.2, 0.25) is 0 Å². The van der Waals surface area contributed by atoms with Crippen LogP contribution in [0.25, 0.3) is 0 Å². The van der Waals surface area contributed by atoms with E-state index in [-0.39, 0.29) is 5.92 Å². The fourth-order valence-corrected chi connectivity index (χ4v) is 0.658. The second kappa shape index (κ2) is 3.45. The SMILES string of the molecule is CO[C@H](C(=O)O)C(C)C. The molecule has 0 heterocycles. The maximum atomic E-state index is 10.2. The number of methoxy groups -OCH3 is 1. The van der Waals surface area contributed by atoms with Gasteiger partial charge in [-0.15, -0.1) is 0 Å². The number of ether oxygens (including phenoxy) is 1. The van der Waals surface area contributed by atoms with E-state index >= 15 is 0 Å². The normalized spacial score (nSPS) is 13.8. The minimum atomic E-state index is -0.896. The first-order valence-electron chi connectivity index (χ1n) is 2.85. The Labute approximate surface area is 54.6 Å². The van der Waals surface area contributed by atoms with Gasteiger partial charge < -0.3 is 9.84 Å². The summed E-state index contributed by atoms with van der Waals surface area (Å²) in [7, 11) is 1.40. The van der Waals surface area contributed by atoms with Crippen molar-refractivity contribution < 1.29 is 14.6 Å². The smallest absolute Gasteiger partial charge is 0.333 e. The molecule has 0 aliphatic heterocycles. The first-order chi connectivity index (χ1) is 4.09. The average Bonchev–Trinajstić information content (AvgIpc) is 1.64. The minimum Gasteiger partial charge on any atom is -0.479 e. The van der Waals surface area contributed by atoms with Crippen molar-refractivity contribution in [1.82, 2.24) is 0 Å². The van der Waals surface area contributed by atoms with Crippen molar-refractivity contribution in [2.45, 2.75) is 20.0 Å². The van der Waals surface area contributed by atoms with Gasteiger partial charge in [0.1, 0.15) is 0 Å². The molecule has 0 fully saturated rings. The second-order valence-corrected chi connectivity index (χ2v) is 2.24. The summed E-state index contributed by atoms with van der Waals surface area (Å²) in [5, 5.41) is 8.42. The molecule has 3 nitrogen and oxygen atoms in total. The van der Waals surface area contributed by atoms with Crippen LogP contribution in [-0.4, -0.2) is 24.3 Å². The quantitative estimate of drug-likeness (QED) is 0.616. The van der Waals surface area contributed by atoms with Crippen LogP contribution >= 0.6 is 0 Å². The zero-order chi connectivity index (χ0) is 7.44. The van der Waals surface area contributed by atoms with Crippen molar-refractivity contribution in [3.63, 3.8) is 0 Å². The summed E-state index contributed by atoms with van der Waals surface area (Å²) in [6.45, 7) is 3.62. The number of carboxylic acids is 1. The number of carboxylic acid groups (broad SMARTS) is 1. The van der Waals surface area contributed by atoms with E-state index in [1.165, 1.54) is 7.11 Å². The van der Waals surface area contributed by atoms with Crippen LogP contribution in [0.4, 0.5) is 0 Å². The predicted octanol–water partition coefficient (Wildman–Crippen LogP) is 0.742. The number of carbonyl (C=O) groups is 1. The summed E-state index contributed by atoms with van der Waals surface area (Å²) in [5.41, 5.74) is 0. The molecular formula is C6H12O3. The Morgan fingerprint density at radius 3 is 2.00 bits per heavy atom. The standard InChI is InChI=1S/C6H12O3/c1-4(2)5(9-3)6(7)8/h4-5H,1-3H3,(H,7,8)/t5-/m0/s1. The highest BCUT2D eigenvalue weighted by Crippen LogP contribution is 2.04. The lowest BCUT2D eigenvalue weighted by Gasteiger charge is -2.12. The fourth-order valence-electron chi connectivity index (χ4n) is 0.658. The summed E-state index contributed by atoms with van der Waals surface area (Å²) in [5.74, 6) is -0.861. The Morgan fingerprint density at radius 1 is 1.56 bits per heavy atom. The van der Waals surface area contributed by atoms with E-state index in [4.69, 9.17) is 5.11 Å². The van der Waals surface area contributed by atoms with Crippen LogP contribution in [0.15, 0.2) is 0 Å². The van der Waals surface area contributed by atoms with E-state index in [2.05, 4.69) is 4.74 Å². The van der Waals surface area contributed by atoms with Crippen molar-refractivity contribution in [1.29, 1.82) is 0 Å². The zero-order valence-corrected chi connectivity index (χ0v) is 5.92. The van der Waals surface area contributed by atoms with Crippen LogP contribution in [0.2, 0.25) is 0 Å². The summed E-state index contributed by atoms with van der Waals surface area (Å²) in [6.07, 6.45) is -0.662. The molecule has 9 heavy (non-hydrogen) atoms. The highest BCUT2D eigenvalue weighted by Gasteiger charge is 2.19. The Hall–Kier alpha value is -0.570. The van der Waals surface area contributed by atoms with E-state index in [1.807, 2.05) is 13.8 Å². The molecular weight excluding hydrogens is 120 g/mol. The maximum absolute atomic E-state index is 10.2. The van der Waals surface area contributed by atoms with Crippen LogP contribution in [0.1, 0.15) is 13.8 Å². The maximum Gasteiger partial charge on any atom is 0.333 e. The highest BCUT2D eigenvalue weighted by molar-refractivity contribution is 5.72. The van der Waals surface area contributed by atoms with Gasteiger partial charge in [-0.3, -0.25) is 0 Å². The Bertz CT molecular complexity index is 98.5. The van der Waals surface area contributed by atoms with Crippen LogP contribution in [0, 0.1) is 5.92 Å². The first kappa shape index (κ1) is 8.43. The van der Waals surface area contributed by atoms with Crippen molar-refractivity contribution in [2.75, 3.05) is 7.11 Å². The van der Waals surface area contributed by atoms with Crippen molar-refractivity contribution in [3.8, 4) is 0 Å². The lowest BCUT2D eigenvalue weighted by atomic mass is 10.1. The molecule has 0 rings (SSSR count). The third-order valence-electron chi connectivity index (χ3n) is 1.10. The molecule has 1 atom stereocenters. The molecule has 0 aromatic heterocycles. The Morgan fingerprint density at radius 2 is 2.00 bits per heavy atom. The fraction of sp³-hybridized carbons (Fsp3) is 0.833. The van der Waals surface area contributed by atoms with Crippen molar-refractivity contribution in [3.05, 3.63) is 0 Å². The number of rotatable bonds is 3. The van der Waals surface area contributed by atoms with Crippen LogP contribution in [-0.2, 0) is 9.53 Å². The largest absolute Gasteiger partial charge is 0.479 e. The van der Waals surface area contributed by atoms with Gasteiger partial charge in [-0.1, -0.05) is 13.8 Å². The molecule has 0 unspecified atom stereocenters. The molecule has 0 radical (unpaired) electrons. The Kier molecular flexibility index (Phi) is 3.24. The third-order valence-corrected chi connectivity index (χ3v) is 1.10. The van der Waals surface area contributed by atoms with Gasteiger partial charge in [-0.25, -0.2) is 4.79 Å². The monoisotopic (exact) mass is 132 g/mol. The zero-order valence-electron chi connectivity index (χ0n) is 5.92. The Balaban J connectivity index is 3.83. The molecule has 54 valence electrons. The van der Waals surface area contributed by atoms with E-state index < -0.39 is 12.1 Å². The van der Waals surface area contributed by atoms with Crippen LogP contribution < -0.4 is 0 Å². The molecule has 3 heteroatoms. The molecule has 0 aromatic carbocycles. The van der Waals surface area contributed by atoms with Crippen LogP contribution in [0.5, 0.6) is 0 Å². The van der Waals surface area contributed by atoms with Crippen LogP contribution in [0.3, 0.4) is 0 Å². The first-order valence-corrected chi connectivity index (χ1v) is 2.85. The summed E-state index contributed by atoms with van der Waals surface area (Å²) < 4.78 is 4.67. The van der Waals surface area contributed by atoms with Crippen molar-refractivity contribution >= 4 is 5.97 Å².